The molecule has 13 heavy (non-hydrogen) atoms. The van der Waals surface area contributed by atoms with Crippen LogP contribution < -0.4 is 5.32 Å². The predicted molar refractivity (Wildman–Crippen MR) is 56.6 cm³/mol. The van der Waals surface area contributed by atoms with Gasteiger partial charge in [0.05, 0.1) is 0 Å². The van der Waals surface area contributed by atoms with E-state index in [4.69, 9.17) is 0 Å². The quantitative estimate of drug-likeness (QED) is 0.498. The molecule has 76 valence electrons. The molecular formula is C11H21NO. The highest BCUT2D eigenvalue weighted by molar-refractivity contribution is 5.87. The van der Waals surface area contributed by atoms with Crippen molar-refractivity contribution in [3.05, 3.63) is 12.2 Å². The Bertz CT molecular complexity index is 163. The number of hydrogen-bond donors (Lipinski definition) is 1. The molecule has 1 N–H and O–H groups in total. The number of hydrogen-bond acceptors (Lipinski definition) is 1. The summed E-state index contributed by atoms with van der Waals surface area (Å²) in [5.41, 5.74) is 0. The SMILES string of the molecule is C/C=C/C(=O)NC(C)CCCCC. The van der Waals surface area contributed by atoms with Crippen LogP contribution in [0.3, 0.4) is 0 Å². The predicted octanol–water partition coefficient (Wildman–Crippen LogP) is 2.65. The van der Waals surface area contributed by atoms with E-state index in [0.717, 1.165) is 6.42 Å². The van der Waals surface area contributed by atoms with Gasteiger partial charge < -0.3 is 5.32 Å². The Labute approximate surface area is 81.4 Å². The maximum absolute atomic E-state index is 11.1. The molecule has 0 fully saturated rings. The van der Waals surface area contributed by atoms with Crippen LogP contribution in [0.2, 0.25) is 0 Å². The van der Waals surface area contributed by atoms with Gasteiger partial charge in [0.25, 0.3) is 0 Å². The summed E-state index contributed by atoms with van der Waals surface area (Å²) >= 11 is 0. The second kappa shape index (κ2) is 7.84. The summed E-state index contributed by atoms with van der Waals surface area (Å²) in [7, 11) is 0. The van der Waals surface area contributed by atoms with E-state index in [0.29, 0.717) is 6.04 Å². The summed E-state index contributed by atoms with van der Waals surface area (Å²) in [6.45, 7) is 6.08. The van der Waals surface area contributed by atoms with E-state index in [1.54, 1.807) is 12.2 Å². The zero-order chi connectivity index (χ0) is 10.1. The Morgan fingerprint density at radius 3 is 2.69 bits per heavy atom. The molecule has 0 aromatic carbocycles. The Hall–Kier alpha value is -0.790. The molecular weight excluding hydrogens is 162 g/mol. The smallest absolute Gasteiger partial charge is 0.243 e. The lowest BCUT2D eigenvalue weighted by Gasteiger charge is -2.11. The molecule has 0 aromatic rings. The molecule has 1 amide bonds. The molecule has 0 bridgehead atoms. The van der Waals surface area contributed by atoms with Crippen LogP contribution in [0.4, 0.5) is 0 Å². The van der Waals surface area contributed by atoms with Gasteiger partial charge in [0.2, 0.25) is 5.91 Å². The minimum absolute atomic E-state index is 0.0199. The van der Waals surface area contributed by atoms with Gasteiger partial charge in [-0.25, -0.2) is 0 Å². The molecule has 2 heteroatoms. The third-order valence-electron chi connectivity index (χ3n) is 1.95. The molecule has 0 aromatic heterocycles. The van der Waals surface area contributed by atoms with Crippen LogP contribution in [0.25, 0.3) is 0 Å². The fourth-order valence-corrected chi connectivity index (χ4v) is 1.22. The molecule has 1 atom stereocenters. The van der Waals surface area contributed by atoms with Crippen molar-refractivity contribution >= 4 is 5.91 Å². The molecule has 0 rings (SSSR count). The number of carbonyl (C=O) groups excluding carboxylic acids is 1. The number of allylic oxidation sites excluding steroid dienone is 1. The standard InChI is InChI=1S/C11H21NO/c1-4-6-7-9-10(3)12-11(13)8-5-2/h5,8,10H,4,6-7,9H2,1-3H3,(H,12,13)/b8-5+. The summed E-state index contributed by atoms with van der Waals surface area (Å²) in [4.78, 5) is 11.1. The first-order chi connectivity index (χ1) is 6.20. The van der Waals surface area contributed by atoms with E-state index >= 15 is 0 Å². The molecule has 0 radical (unpaired) electrons. The minimum atomic E-state index is 0.0199. The van der Waals surface area contributed by atoms with Crippen LogP contribution in [0.15, 0.2) is 12.2 Å². The van der Waals surface area contributed by atoms with Crippen molar-refractivity contribution in [3.8, 4) is 0 Å². The van der Waals surface area contributed by atoms with Gasteiger partial charge in [-0.1, -0.05) is 32.3 Å². The Balaban J connectivity index is 3.49. The average molecular weight is 183 g/mol. The van der Waals surface area contributed by atoms with Gasteiger partial charge in [0.15, 0.2) is 0 Å². The molecule has 0 saturated heterocycles. The number of rotatable bonds is 6. The van der Waals surface area contributed by atoms with Crippen molar-refractivity contribution < 1.29 is 4.79 Å². The lowest BCUT2D eigenvalue weighted by Crippen LogP contribution is -2.30. The lowest BCUT2D eigenvalue weighted by molar-refractivity contribution is -0.117. The lowest BCUT2D eigenvalue weighted by atomic mass is 10.1. The van der Waals surface area contributed by atoms with Crippen LogP contribution in [-0.2, 0) is 4.79 Å². The molecule has 1 unspecified atom stereocenters. The Morgan fingerprint density at radius 1 is 1.46 bits per heavy atom. The summed E-state index contributed by atoms with van der Waals surface area (Å²) in [5, 5.41) is 2.91. The van der Waals surface area contributed by atoms with Crippen molar-refractivity contribution in [1.82, 2.24) is 5.32 Å². The van der Waals surface area contributed by atoms with Gasteiger partial charge in [-0.15, -0.1) is 0 Å². The number of amides is 1. The van der Waals surface area contributed by atoms with E-state index in [1.807, 2.05) is 6.92 Å². The number of carbonyl (C=O) groups is 1. The summed E-state index contributed by atoms with van der Waals surface area (Å²) in [6, 6.07) is 0.301. The highest BCUT2D eigenvalue weighted by Gasteiger charge is 2.02. The first-order valence-corrected chi connectivity index (χ1v) is 5.13. The first kappa shape index (κ1) is 12.2. The highest BCUT2D eigenvalue weighted by atomic mass is 16.1. The zero-order valence-corrected chi connectivity index (χ0v) is 8.97. The maximum Gasteiger partial charge on any atom is 0.243 e. The largest absolute Gasteiger partial charge is 0.350 e. The Kier molecular flexibility index (Phi) is 7.36. The second-order valence-corrected chi connectivity index (χ2v) is 3.41. The highest BCUT2D eigenvalue weighted by Crippen LogP contribution is 2.02. The molecule has 0 aliphatic rings. The van der Waals surface area contributed by atoms with Gasteiger partial charge in [-0.3, -0.25) is 4.79 Å². The molecule has 0 saturated carbocycles. The van der Waals surface area contributed by atoms with E-state index in [9.17, 15) is 4.79 Å². The molecule has 0 aliphatic heterocycles. The molecule has 2 nitrogen and oxygen atoms in total. The Morgan fingerprint density at radius 2 is 2.15 bits per heavy atom. The molecule has 0 spiro atoms. The number of nitrogens with one attached hydrogen (secondary N) is 1. The van der Waals surface area contributed by atoms with Gasteiger partial charge in [-0.05, 0) is 26.3 Å². The van der Waals surface area contributed by atoms with Crippen molar-refractivity contribution in [3.63, 3.8) is 0 Å². The van der Waals surface area contributed by atoms with E-state index in [2.05, 4.69) is 19.2 Å². The normalized spacial score (nSPS) is 13.2. The zero-order valence-electron chi connectivity index (χ0n) is 8.97. The van der Waals surface area contributed by atoms with E-state index in [-0.39, 0.29) is 5.91 Å². The number of unbranched alkanes of at least 4 members (excludes halogenated alkanes) is 2. The molecule has 0 aliphatic carbocycles. The van der Waals surface area contributed by atoms with Gasteiger partial charge >= 0.3 is 0 Å². The van der Waals surface area contributed by atoms with Gasteiger partial charge in [0, 0.05) is 6.04 Å². The van der Waals surface area contributed by atoms with Crippen LogP contribution in [-0.4, -0.2) is 11.9 Å². The van der Waals surface area contributed by atoms with Crippen molar-refractivity contribution in [2.24, 2.45) is 0 Å². The minimum Gasteiger partial charge on any atom is -0.350 e. The summed E-state index contributed by atoms with van der Waals surface area (Å²) < 4.78 is 0. The van der Waals surface area contributed by atoms with Crippen LogP contribution in [0.1, 0.15) is 46.5 Å². The summed E-state index contributed by atoms with van der Waals surface area (Å²) in [5.74, 6) is 0.0199. The van der Waals surface area contributed by atoms with Crippen molar-refractivity contribution in [2.75, 3.05) is 0 Å². The fraction of sp³-hybridized carbons (Fsp3) is 0.727. The van der Waals surface area contributed by atoms with Gasteiger partial charge in [0.1, 0.15) is 0 Å². The first-order valence-electron chi connectivity index (χ1n) is 5.13. The van der Waals surface area contributed by atoms with Crippen LogP contribution in [0.5, 0.6) is 0 Å². The topological polar surface area (TPSA) is 29.1 Å². The average Bonchev–Trinajstić information content (AvgIpc) is 2.05. The third-order valence-corrected chi connectivity index (χ3v) is 1.95. The monoisotopic (exact) mass is 183 g/mol. The second-order valence-electron chi connectivity index (χ2n) is 3.41. The van der Waals surface area contributed by atoms with E-state index < -0.39 is 0 Å². The van der Waals surface area contributed by atoms with Crippen molar-refractivity contribution in [1.29, 1.82) is 0 Å². The van der Waals surface area contributed by atoms with Crippen LogP contribution in [0, 0.1) is 0 Å². The van der Waals surface area contributed by atoms with Crippen LogP contribution >= 0.6 is 0 Å². The summed E-state index contributed by atoms with van der Waals surface area (Å²) in [6.07, 6.45) is 8.09. The third kappa shape index (κ3) is 7.57. The van der Waals surface area contributed by atoms with Crippen molar-refractivity contribution in [2.45, 2.75) is 52.5 Å². The van der Waals surface area contributed by atoms with Gasteiger partial charge in [-0.2, -0.15) is 0 Å². The fourth-order valence-electron chi connectivity index (χ4n) is 1.22. The maximum atomic E-state index is 11.1. The molecule has 0 heterocycles. The van der Waals surface area contributed by atoms with E-state index in [1.165, 1.54) is 19.3 Å².